The molecule has 7 heteroatoms. The molecule has 0 saturated heterocycles. The number of ether oxygens (including phenoxy) is 1. The van der Waals surface area contributed by atoms with E-state index in [1.54, 1.807) is 24.1 Å². The number of nitro groups is 1. The van der Waals surface area contributed by atoms with E-state index in [0.717, 1.165) is 17.5 Å². The molecule has 1 heterocycles. The molecule has 0 saturated carbocycles. The summed E-state index contributed by atoms with van der Waals surface area (Å²) >= 11 is 0. The third-order valence-electron chi connectivity index (χ3n) is 4.39. The Kier molecular flexibility index (Phi) is 4.56. The Morgan fingerprint density at radius 2 is 2.04 bits per heavy atom. The molecule has 2 aromatic rings. The van der Waals surface area contributed by atoms with Gasteiger partial charge in [0.25, 0.3) is 0 Å². The number of hydrogen-bond acceptors (Lipinski definition) is 5. The van der Waals surface area contributed by atoms with Crippen LogP contribution >= 0.6 is 0 Å². The van der Waals surface area contributed by atoms with Crippen molar-refractivity contribution in [2.45, 2.75) is 12.5 Å². The zero-order valence-electron chi connectivity index (χ0n) is 14.1. The molecule has 0 bridgehead atoms. The summed E-state index contributed by atoms with van der Waals surface area (Å²) in [6.07, 6.45) is 0.792. The van der Waals surface area contributed by atoms with Gasteiger partial charge in [-0.25, -0.2) is 0 Å². The van der Waals surface area contributed by atoms with Crippen molar-refractivity contribution >= 4 is 17.3 Å². The van der Waals surface area contributed by atoms with E-state index in [4.69, 9.17) is 4.74 Å². The van der Waals surface area contributed by atoms with Gasteiger partial charge < -0.3 is 15.0 Å². The summed E-state index contributed by atoms with van der Waals surface area (Å²) in [6, 6.07) is 11.8. The molecule has 0 radical (unpaired) electrons. The first-order valence-electron chi connectivity index (χ1n) is 7.93. The van der Waals surface area contributed by atoms with Crippen molar-refractivity contribution in [1.29, 1.82) is 0 Å². The molecule has 1 atom stereocenters. The Labute approximate surface area is 145 Å². The zero-order chi connectivity index (χ0) is 18.0. The van der Waals surface area contributed by atoms with Crippen molar-refractivity contribution < 1.29 is 14.5 Å². The molecule has 0 aromatic heterocycles. The van der Waals surface area contributed by atoms with Crippen LogP contribution in [-0.4, -0.2) is 36.4 Å². The van der Waals surface area contributed by atoms with Crippen molar-refractivity contribution in [1.82, 2.24) is 4.90 Å². The highest BCUT2D eigenvalue weighted by Gasteiger charge is 2.29. The fourth-order valence-corrected chi connectivity index (χ4v) is 3.02. The predicted molar refractivity (Wildman–Crippen MR) is 93.8 cm³/mol. The highest BCUT2D eigenvalue weighted by molar-refractivity contribution is 5.87. The van der Waals surface area contributed by atoms with Gasteiger partial charge in [0.05, 0.1) is 12.0 Å². The first kappa shape index (κ1) is 16.8. The topological polar surface area (TPSA) is 84.7 Å². The molecule has 25 heavy (non-hydrogen) atoms. The highest BCUT2D eigenvalue weighted by atomic mass is 16.6. The van der Waals surface area contributed by atoms with Crippen LogP contribution in [0, 0.1) is 10.1 Å². The number of nitro benzene ring substituents is 1. The summed E-state index contributed by atoms with van der Waals surface area (Å²) in [5.41, 5.74) is 2.52. The molecule has 1 unspecified atom stereocenters. The molecule has 3 rings (SSSR count). The number of carbonyl (C=O) groups excluding carboxylic acids is 1. The lowest BCUT2D eigenvalue weighted by atomic mass is 9.99. The maximum absolute atomic E-state index is 12.8. The molecule has 1 amide bonds. The van der Waals surface area contributed by atoms with Crippen LogP contribution in [0.3, 0.4) is 0 Å². The molecule has 0 fully saturated rings. The number of benzene rings is 2. The third-order valence-corrected chi connectivity index (χ3v) is 4.39. The number of nitrogens with one attached hydrogen (secondary N) is 1. The Balaban J connectivity index is 1.98. The van der Waals surface area contributed by atoms with E-state index in [1.165, 1.54) is 13.2 Å². The van der Waals surface area contributed by atoms with Gasteiger partial charge in [0.15, 0.2) is 5.75 Å². The van der Waals surface area contributed by atoms with Crippen LogP contribution in [0.4, 0.5) is 11.4 Å². The van der Waals surface area contributed by atoms with Crippen LogP contribution < -0.4 is 10.1 Å². The van der Waals surface area contributed by atoms with Gasteiger partial charge in [-0.1, -0.05) is 24.3 Å². The van der Waals surface area contributed by atoms with Gasteiger partial charge >= 0.3 is 5.69 Å². The summed E-state index contributed by atoms with van der Waals surface area (Å²) in [6.45, 7) is 0.650. The summed E-state index contributed by atoms with van der Waals surface area (Å²) in [5.74, 6) is 0.111. The van der Waals surface area contributed by atoms with Crippen molar-refractivity contribution in [2.75, 3.05) is 26.0 Å². The number of hydrogen-bond donors (Lipinski definition) is 1. The predicted octanol–water partition coefficient (Wildman–Crippen LogP) is 2.77. The third kappa shape index (κ3) is 3.26. The van der Waals surface area contributed by atoms with Crippen LogP contribution in [0.15, 0.2) is 42.5 Å². The minimum atomic E-state index is -0.546. The number of likely N-dealkylation sites (N-methyl/N-ethyl adjacent to an activating group) is 1. The molecule has 1 aliphatic heterocycles. The Hall–Kier alpha value is -3.09. The number of nitrogens with zero attached hydrogens (tertiary/aromatic N) is 2. The zero-order valence-corrected chi connectivity index (χ0v) is 14.1. The van der Waals surface area contributed by atoms with Gasteiger partial charge in [0, 0.05) is 31.4 Å². The molecule has 1 N–H and O–H groups in total. The van der Waals surface area contributed by atoms with E-state index in [0.29, 0.717) is 12.2 Å². The summed E-state index contributed by atoms with van der Waals surface area (Å²) in [4.78, 5) is 25.0. The second-order valence-electron chi connectivity index (χ2n) is 5.93. The van der Waals surface area contributed by atoms with E-state index in [-0.39, 0.29) is 17.3 Å². The molecule has 130 valence electrons. The average Bonchev–Trinajstić information content (AvgIpc) is 2.74. The van der Waals surface area contributed by atoms with Crippen LogP contribution in [0.1, 0.15) is 17.2 Å². The molecule has 0 aliphatic carbocycles. The lowest BCUT2D eigenvalue weighted by molar-refractivity contribution is -0.385. The van der Waals surface area contributed by atoms with Gasteiger partial charge in [-0.05, 0) is 23.6 Å². The van der Waals surface area contributed by atoms with Gasteiger partial charge in [0.1, 0.15) is 6.04 Å². The molecular formula is C18H19N3O4. The maximum atomic E-state index is 12.8. The number of methoxy groups -OCH3 is 1. The Morgan fingerprint density at radius 1 is 1.28 bits per heavy atom. The van der Waals surface area contributed by atoms with Crippen LogP contribution in [-0.2, 0) is 11.2 Å². The second kappa shape index (κ2) is 6.80. The SMILES string of the molecule is COc1cc(NC2C(=O)N(C)CCc3ccccc32)ccc1[N+](=O)[O-]. The fourth-order valence-electron chi connectivity index (χ4n) is 3.02. The van der Waals surface area contributed by atoms with E-state index in [2.05, 4.69) is 5.32 Å². The molecule has 0 spiro atoms. The summed E-state index contributed by atoms with van der Waals surface area (Å²) in [7, 11) is 3.16. The Bertz CT molecular complexity index is 822. The monoisotopic (exact) mass is 341 g/mol. The lowest BCUT2D eigenvalue weighted by Crippen LogP contribution is -2.34. The molecule has 7 nitrogen and oxygen atoms in total. The average molecular weight is 341 g/mol. The van der Waals surface area contributed by atoms with E-state index < -0.39 is 11.0 Å². The molecule has 1 aliphatic rings. The standard InChI is InChI=1S/C18H19N3O4/c1-20-10-9-12-5-3-4-6-14(12)17(18(20)22)19-13-7-8-15(21(23)24)16(11-13)25-2/h3-8,11,17,19H,9-10H2,1-2H3. The summed E-state index contributed by atoms with van der Waals surface area (Å²) < 4.78 is 5.10. The highest BCUT2D eigenvalue weighted by Crippen LogP contribution is 2.33. The van der Waals surface area contributed by atoms with Gasteiger partial charge in [-0.15, -0.1) is 0 Å². The molecule has 2 aromatic carbocycles. The van der Waals surface area contributed by atoms with E-state index in [9.17, 15) is 14.9 Å². The second-order valence-corrected chi connectivity index (χ2v) is 5.93. The first-order chi connectivity index (χ1) is 12.0. The number of carbonyl (C=O) groups is 1. The number of rotatable bonds is 4. The quantitative estimate of drug-likeness (QED) is 0.683. The minimum absolute atomic E-state index is 0.0396. The summed E-state index contributed by atoms with van der Waals surface area (Å²) in [5, 5.41) is 14.2. The number of amides is 1. The Morgan fingerprint density at radius 3 is 2.76 bits per heavy atom. The van der Waals surface area contributed by atoms with Crippen molar-refractivity contribution in [3.05, 3.63) is 63.7 Å². The van der Waals surface area contributed by atoms with E-state index >= 15 is 0 Å². The van der Waals surface area contributed by atoms with Crippen molar-refractivity contribution in [2.24, 2.45) is 0 Å². The van der Waals surface area contributed by atoms with E-state index in [1.807, 2.05) is 24.3 Å². The van der Waals surface area contributed by atoms with Crippen LogP contribution in [0.5, 0.6) is 5.75 Å². The minimum Gasteiger partial charge on any atom is -0.490 e. The molecular weight excluding hydrogens is 322 g/mol. The van der Waals surface area contributed by atoms with Gasteiger partial charge in [-0.2, -0.15) is 0 Å². The fraction of sp³-hybridized carbons (Fsp3) is 0.278. The van der Waals surface area contributed by atoms with Crippen molar-refractivity contribution in [3.63, 3.8) is 0 Å². The largest absolute Gasteiger partial charge is 0.490 e. The van der Waals surface area contributed by atoms with Crippen LogP contribution in [0.2, 0.25) is 0 Å². The number of fused-ring (bicyclic) bond motifs is 1. The maximum Gasteiger partial charge on any atom is 0.311 e. The first-order valence-corrected chi connectivity index (χ1v) is 7.93. The van der Waals surface area contributed by atoms with Crippen molar-refractivity contribution in [3.8, 4) is 5.75 Å². The van der Waals surface area contributed by atoms with Crippen LogP contribution in [0.25, 0.3) is 0 Å². The van der Waals surface area contributed by atoms with Gasteiger partial charge in [-0.3, -0.25) is 14.9 Å². The smallest absolute Gasteiger partial charge is 0.311 e. The lowest BCUT2D eigenvalue weighted by Gasteiger charge is -2.23. The van der Waals surface area contributed by atoms with Gasteiger partial charge in [0.2, 0.25) is 5.91 Å². The normalized spacial score (nSPS) is 16.8. The number of anilines is 1.